The third-order valence-electron chi connectivity index (χ3n) is 7.56. The number of carbonyl (C=O) groups is 1. The van der Waals surface area contributed by atoms with E-state index < -0.39 is 75.4 Å². The van der Waals surface area contributed by atoms with E-state index in [0.29, 0.717) is 31.6 Å². The van der Waals surface area contributed by atoms with Crippen LogP contribution in [0.1, 0.15) is 69.9 Å². The fourth-order valence-corrected chi connectivity index (χ4v) is 5.75. The van der Waals surface area contributed by atoms with Gasteiger partial charge in [0.05, 0.1) is 5.92 Å². The molecule has 4 atom stereocenters. The molecule has 0 saturated heterocycles. The molecule has 4 unspecified atom stereocenters. The van der Waals surface area contributed by atoms with Crippen molar-refractivity contribution in [2.24, 2.45) is 5.92 Å². The molecule has 0 aliphatic carbocycles. The van der Waals surface area contributed by atoms with E-state index in [4.69, 9.17) is 18.9 Å². The van der Waals surface area contributed by atoms with Gasteiger partial charge in [-0.3, -0.25) is 4.79 Å². The number of ether oxygens (including phenoxy) is 4. The summed E-state index contributed by atoms with van der Waals surface area (Å²) < 4.78 is 111. The summed E-state index contributed by atoms with van der Waals surface area (Å²) >= 11 is 0. The Hall–Kier alpha value is -3.88. The van der Waals surface area contributed by atoms with Crippen LogP contribution in [0.2, 0.25) is 0 Å². The second-order valence-electron chi connectivity index (χ2n) is 10.9. The number of halogens is 4. The van der Waals surface area contributed by atoms with Gasteiger partial charge >= 0.3 is 5.97 Å². The molecule has 0 fully saturated rings. The van der Waals surface area contributed by atoms with E-state index in [2.05, 4.69) is 0 Å². The van der Waals surface area contributed by atoms with Gasteiger partial charge < -0.3 is 28.6 Å². The quantitative estimate of drug-likeness (QED) is 0.0401. The molecular weight excluding hydrogens is 648 g/mol. The molecule has 1 N–H and O–H groups in total. The highest BCUT2D eigenvalue weighted by molar-refractivity contribution is 7.85. The van der Waals surface area contributed by atoms with Gasteiger partial charge in [0, 0.05) is 6.61 Å². The number of aromatic hydroxyl groups is 1. The maximum absolute atomic E-state index is 14.2. The van der Waals surface area contributed by atoms with Crippen molar-refractivity contribution in [3.63, 3.8) is 0 Å². The van der Waals surface area contributed by atoms with Crippen molar-refractivity contribution in [3.05, 3.63) is 82.9 Å². The van der Waals surface area contributed by atoms with E-state index >= 15 is 0 Å². The molecule has 0 saturated carbocycles. The summed E-state index contributed by atoms with van der Waals surface area (Å²) in [5.74, 6) is -11.5. The molecular formula is C33H37F4O9S-. The van der Waals surface area contributed by atoms with Gasteiger partial charge in [-0.15, -0.1) is 0 Å². The topological polar surface area (TPSA) is 131 Å². The number of phenols is 1. The van der Waals surface area contributed by atoms with E-state index in [1.807, 2.05) is 38.1 Å². The smallest absolute Gasteiger partial charge is 0.309 e. The number of benzene rings is 3. The monoisotopic (exact) mass is 685 g/mol. The molecule has 9 nitrogen and oxygen atoms in total. The molecule has 0 spiro atoms. The standard InChI is InChI=1S/C33H38F4O9S/c1-5-21(33(39)45-16-15-44-31-27(34)29(36)32(47(40,41)42)30(37)28(31)35)18-24(23-7-11-25(38)12-8-23)17-19(3)22-9-13-26(14-10-22)46-20(4)43-6-2/h7-14,19-21,24,38H,5-6,15-18H2,1-4H3,(H,40,41,42)/p-1. The predicted molar refractivity (Wildman–Crippen MR) is 161 cm³/mol. The highest BCUT2D eigenvalue weighted by Crippen LogP contribution is 2.37. The zero-order valence-electron chi connectivity index (χ0n) is 26.3. The van der Waals surface area contributed by atoms with Crippen molar-refractivity contribution in [2.45, 2.75) is 70.0 Å². The SMILES string of the molecule is CCOC(C)Oc1ccc(C(C)CC(CC(CC)C(=O)OCCOc2c(F)c(F)c(S(=O)(=O)[O-])c(F)c2F)c2ccc(O)cc2)cc1. The average Bonchev–Trinajstić information content (AvgIpc) is 3.01. The van der Waals surface area contributed by atoms with Gasteiger partial charge in [0.25, 0.3) is 0 Å². The van der Waals surface area contributed by atoms with Crippen LogP contribution in [0.3, 0.4) is 0 Å². The average molecular weight is 686 g/mol. The van der Waals surface area contributed by atoms with Crippen molar-refractivity contribution in [1.29, 1.82) is 0 Å². The Kier molecular flexibility index (Phi) is 13.4. The molecule has 3 aromatic rings. The molecule has 0 heterocycles. The van der Waals surface area contributed by atoms with Crippen molar-refractivity contribution in [1.82, 2.24) is 0 Å². The summed E-state index contributed by atoms with van der Waals surface area (Å²) in [6.07, 6.45) is 0.948. The molecule has 0 bridgehead atoms. The minimum Gasteiger partial charge on any atom is -0.744 e. The van der Waals surface area contributed by atoms with Gasteiger partial charge in [0.15, 0.2) is 23.7 Å². The van der Waals surface area contributed by atoms with Crippen LogP contribution in [-0.2, 0) is 24.4 Å². The molecule has 0 radical (unpaired) electrons. The number of rotatable bonds is 17. The highest BCUT2D eigenvalue weighted by atomic mass is 32.2. The molecule has 0 amide bonds. The maximum atomic E-state index is 14.2. The Morgan fingerprint density at radius 1 is 0.851 bits per heavy atom. The minimum absolute atomic E-state index is 0.0441. The molecule has 3 aromatic carbocycles. The van der Waals surface area contributed by atoms with Gasteiger partial charge in [-0.25, -0.2) is 17.2 Å². The zero-order chi connectivity index (χ0) is 34.9. The van der Waals surface area contributed by atoms with Gasteiger partial charge in [0.2, 0.25) is 11.6 Å². The first-order valence-electron chi connectivity index (χ1n) is 15.0. The Labute approximate surface area is 271 Å². The molecule has 3 rings (SSSR count). The van der Waals surface area contributed by atoms with Crippen molar-refractivity contribution < 1.29 is 59.4 Å². The maximum Gasteiger partial charge on any atom is 0.309 e. The Morgan fingerprint density at radius 2 is 1.43 bits per heavy atom. The minimum atomic E-state index is -5.87. The van der Waals surface area contributed by atoms with Crippen molar-refractivity contribution in [2.75, 3.05) is 19.8 Å². The van der Waals surface area contributed by atoms with Crippen LogP contribution in [0.15, 0.2) is 53.4 Å². The fourth-order valence-electron chi connectivity index (χ4n) is 5.13. The Bertz CT molecular complexity index is 1570. The van der Waals surface area contributed by atoms with Crippen LogP contribution >= 0.6 is 0 Å². The summed E-state index contributed by atoms with van der Waals surface area (Å²) in [7, 11) is -5.87. The lowest BCUT2D eigenvalue weighted by Crippen LogP contribution is -2.23. The van der Waals surface area contributed by atoms with Gasteiger partial charge in [-0.2, -0.15) is 8.78 Å². The van der Waals surface area contributed by atoms with Gasteiger partial charge in [-0.1, -0.05) is 38.1 Å². The summed E-state index contributed by atoms with van der Waals surface area (Å²) in [4.78, 5) is 10.7. The van der Waals surface area contributed by atoms with E-state index in [1.54, 1.807) is 38.1 Å². The van der Waals surface area contributed by atoms with Crippen molar-refractivity contribution >= 4 is 16.1 Å². The lowest BCUT2D eigenvalue weighted by molar-refractivity contribution is -0.149. The van der Waals surface area contributed by atoms with Crippen LogP contribution in [0.5, 0.6) is 17.2 Å². The number of hydrogen-bond acceptors (Lipinski definition) is 9. The van der Waals surface area contributed by atoms with E-state index in [0.717, 1.165) is 11.1 Å². The lowest BCUT2D eigenvalue weighted by Gasteiger charge is -2.25. The van der Waals surface area contributed by atoms with Crippen molar-refractivity contribution in [3.8, 4) is 17.2 Å². The number of carbonyl (C=O) groups excluding carboxylic acids is 1. The van der Waals surface area contributed by atoms with E-state index in [1.165, 1.54) is 0 Å². The lowest BCUT2D eigenvalue weighted by atomic mass is 9.80. The Balaban J connectivity index is 1.68. The molecule has 0 aromatic heterocycles. The van der Waals surface area contributed by atoms with Crippen LogP contribution < -0.4 is 9.47 Å². The van der Waals surface area contributed by atoms with Gasteiger partial charge in [0.1, 0.15) is 39.7 Å². The van der Waals surface area contributed by atoms with Crippen LogP contribution in [0.4, 0.5) is 17.6 Å². The third-order valence-corrected chi connectivity index (χ3v) is 8.42. The normalized spacial score (nSPS) is 14.2. The zero-order valence-corrected chi connectivity index (χ0v) is 27.1. The summed E-state index contributed by atoms with van der Waals surface area (Å²) in [6, 6.07) is 14.3. The Morgan fingerprint density at radius 3 is 1.96 bits per heavy atom. The largest absolute Gasteiger partial charge is 0.744 e. The highest BCUT2D eigenvalue weighted by Gasteiger charge is 2.30. The first-order chi connectivity index (χ1) is 22.2. The molecule has 0 aliphatic rings. The number of hydrogen-bond donors (Lipinski definition) is 1. The van der Waals surface area contributed by atoms with Crippen LogP contribution in [-0.4, -0.2) is 50.2 Å². The first kappa shape index (κ1) is 37.6. The van der Waals surface area contributed by atoms with Gasteiger partial charge in [-0.05, 0) is 80.3 Å². The number of phenolic OH excluding ortho intramolecular Hbond substituents is 1. The summed E-state index contributed by atoms with van der Waals surface area (Å²) in [5, 5.41) is 9.82. The summed E-state index contributed by atoms with van der Waals surface area (Å²) in [5.41, 5.74) is 1.92. The number of esters is 1. The second kappa shape index (κ2) is 16.8. The summed E-state index contributed by atoms with van der Waals surface area (Å²) in [6.45, 7) is 6.73. The van der Waals surface area contributed by atoms with E-state index in [9.17, 15) is 40.4 Å². The third kappa shape index (κ3) is 10.1. The molecule has 47 heavy (non-hydrogen) atoms. The first-order valence-corrected chi connectivity index (χ1v) is 16.4. The molecule has 14 heteroatoms. The van der Waals surface area contributed by atoms with E-state index in [-0.39, 0.29) is 17.6 Å². The fraction of sp³-hybridized carbons (Fsp3) is 0.424. The van der Waals surface area contributed by atoms with Crippen LogP contribution in [0, 0.1) is 29.2 Å². The predicted octanol–water partition coefficient (Wildman–Crippen LogP) is 6.93. The molecule has 258 valence electrons. The van der Waals surface area contributed by atoms with Crippen LogP contribution in [0.25, 0.3) is 0 Å². The molecule has 0 aliphatic heterocycles. The second-order valence-corrected chi connectivity index (χ2v) is 12.2.